The van der Waals surface area contributed by atoms with Gasteiger partial charge in [0.1, 0.15) is 0 Å². The number of hydrogen-bond acceptors (Lipinski definition) is 5. The molecule has 1 N–H and O–H groups in total. The molecule has 0 aliphatic carbocycles. The molecule has 1 heterocycles. The molecule has 0 spiro atoms. The van der Waals surface area contributed by atoms with Crippen LogP contribution in [0.5, 0.6) is 0 Å². The molecular weight excluding hydrogens is 396 g/mol. The van der Waals surface area contributed by atoms with Gasteiger partial charge in [-0.1, -0.05) is 29.8 Å². The Morgan fingerprint density at radius 1 is 1.00 bits per heavy atom. The monoisotopic (exact) mass is 406 g/mol. The van der Waals surface area contributed by atoms with Crippen molar-refractivity contribution >= 4 is 50.9 Å². The molecule has 0 amide bonds. The van der Waals surface area contributed by atoms with Crippen molar-refractivity contribution in [1.29, 1.82) is 0 Å². The van der Waals surface area contributed by atoms with E-state index >= 15 is 0 Å². The maximum atomic E-state index is 6.02. The fourth-order valence-corrected chi connectivity index (χ4v) is 3.17. The molecule has 3 rings (SSSR count). The minimum Gasteiger partial charge on any atom is -0.323 e. The highest BCUT2D eigenvalue weighted by molar-refractivity contribution is 9.10. The zero-order chi connectivity index (χ0) is 16.2. The van der Waals surface area contributed by atoms with Gasteiger partial charge in [-0.05, 0) is 70.5 Å². The lowest BCUT2D eigenvalue weighted by molar-refractivity contribution is 0.912. The number of hydrogen-bond donors (Lipinski definition) is 1. The molecule has 0 aliphatic heterocycles. The van der Waals surface area contributed by atoms with Gasteiger partial charge in [-0.25, -0.2) is 0 Å². The molecule has 0 saturated carbocycles. The number of rotatable bonds is 4. The minimum atomic E-state index is 0.157. The lowest BCUT2D eigenvalue weighted by Crippen LogP contribution is -2.01. The highest BCUT2D eigenvalue weighted by Crippen LogP contribution is 2.28. The second-order valence-corrected chi connectivity index (χ2v) is 6.96. The first-order valence-corrected chi connectivity index (χ1v) is 8.76. The van der Waals surface area contributed by atoms with Crippen molar-refractivity contribution < 1.29 is 0 Å². The fourth-order valence-electron chi connectivity index (χ4n) is 1.83. The van der Waals surface area contributed by atoms with E-state index in [1.165, 1.54) is 17.3 Å². The van der Waals surface area contributed by atoms with Crippen LogP contribution in [0.25, 0.3) is 0 Å². The molecule has 23 heavy (non-hydrogen) atoms. The molecule has 7 heteroatoms. The summed E-state index contributed by atoms with van der Waals surface area (Å²) in [6, 6.07) is 15.9. The third-order valence-electron chi connectivity index (χ3n) is 2.94. The average molecular weight is 408 g/mol. The largest absolute Gasteiger partial charge is 0.323 e. The Bertz CT molecular complexity index is 827. The van der Waals surface area contributed by atoms with Gasteiger partial charge in [0, 0.05) is 9.37 Å². The molecule has 0 fully saturated rings. The van der Waals surface area contributed by atoms with Gasteiger partial charge >= 0.3 is 0 Å². The Morgan fingerprint density at radius 3 is 2.48 bits per heavy atom. The summed E-state index contributed by atoms with van der Waals surface area (Å²) in [6.07, 6.45) is 0. The van der Waals surface area contributed by atoms with E-state index in [4.69, 9.17) is 11.6 Å². The highest BCUT2D eigenvalue weighted by Gasteiger charge is 2.08. The maximum Gasteiger partial charge on any atom is 0.232 e. The molecule has 4 nitrogen and oxygen atoms in total. The Hall–Kier alpha value is -1.63. The van der Waals surface area contributed by atoms with Gasteiger partial charge < -0.3 is 5.32 Å². The maximum absolute atomic E-state index is 6.02. The molecular formula is C16H12BrClN4S. The van der Waals surface area contributed by atoms with Crippen molar-refractivity contribution in [2.45, 2.75) is 17.0 Å². The number of nitrogens with one attached hydrogen (secondary N) is 1. The van der Waals surface area contributed by atoms with Crippen LogP contribution in [0.1, 0.15) is 5.56 Å². The summed E-state index contributed by atoms with van der Waals surface area (Å²) in [4.78, 5) is 13.8. The van der Waals surface area contributed by atoms with E-state index in [0.717, 1.165) is 15.1 Å². The Morgan fingerprint density at radius 2 is 1.74 bits per heavy atom. The second kappa shape index (κ2) is 7.29. The number of para-hydroxylation sites is 1. The first-order valence-electron chi connectivity index (χ1n) is 6.78. The number of benzene rings is 2. The first-order chi connectivity index (χ1) is 11.1. The van der Waals surface area contributed by atoms with Crippen LogP contribution < -0.4 is 5.32 Å². The molecule has 0 unspecified atom stereocenters. The van der Waals surface area contributed by atoms with Crippen LogP contribution in [0, 0.1) is 6.92 Å². The third-order valence-corrected chi connectivity index (χ3v) is 4.67. The van der Waals surface area contributed by atoms with Gasteiger partial charge in [-0.15, -0.1) is 0 Å². The number of nitrogens with zero attached hydrogens (tertiary/aromatic N) is 3. The van der Waals surface area contributed by atoms with Gasteiger partial charge in [0.05, 0.1) is 5.69 Å². The summed E-state index contributed by atoms with van der Waals surface area (Å²) in [6.45, 7) is 2.05. The van der Waals surface area contributed by atoms with Crippen molar-refractivity contribution in [1.82, 2.24) is 15.0 Å². The van der Waals surface area contributed by atoms with Crippen molar-refractivity contribution in [3.63, 3.8) is 0 Å². The lowest BCUT2D eigenvalue weighted by atomic mass is 10.2. The fraction of sp³-hybridized carbons (Fsp3) is 0.0625. The van der Waals surface area contributed by atoms with Crippen LogP contribution in [-0.2, 0) is 0 Å². The van der Waals surface area contributed by atoms with Crippen molar-refractivity contribution in [3.05, 3.63) is 63.9 Å². The summed E-state index contributed by atoms with van der Waals surface area (Å²) < 4.78 is 0.921. The van der Waals surface area contributed by atoms with E-state index in [1.54, 1.807) is 0 Å². The quantitative estimate of drug-likeness (QED) is 0.619. The minimum absolute atomic E-state index is 0.157. The van der Waals surface area contributed by atoms with Gasteiger partial charge in [-0.2, -0.15) is 15.0 Å². The van der Waals surface area contributed by atoms with E-state index in [1.807, 2.05) is 55.5 Å². The molecule has 1 aromatic heterocycles. The summed E-state index contributed by atoms with van der Waals surface area (Å²) in [5.74, 6) is 0.409. The molecule has 0 atom stereocenters. The van der Waals surface area contributed by atoms with Crippen LogP contribution in [0.15, 0.2) is 63.1 Å². The molecule has 0 bridgehead atoms. The van der Waals surface area contributed by atoms with E-state index < -0.39 is 0 Å². The zero-order valence-corrected chi connectivity index (χ0v) is 15.3. The standard InChI is InChI=1S/C16H12BrClN4S/c1-10-6-8-11(9-7-10)23-16-21-14(18)20-15(22-16)19-13-5-3-2-4-12(13)17/h2-9H,1H3,(H,19,20,21,22). The third kappa shape index (κ3) is 4.43. The van der Waals surface area contributed by atoms with E-state index in [-0.39, 0.29) is 5.28 Å². The van der Waals surface area contributed by atoms with Crippen LogP contribution in [0.2, 0.25) is 5.28 Å². The summed E-state index contributed by atoms with van der Waals surface area (Å²) in [5.41, 5.74) is 2.07. The van der Waals surface area contributed by atoms with Gasteiger partial charge in [0.2, 0.25) is 11.2 Å². The smallest absolute Gasteiger partial charge is 0.232 e. The van der Waals surface area contributed by atoms with Crippen molar-refractivity contribution in [3.8, 4) is 0 Å². The van der Waals surface area contributed by atoms with Crippen LogP contribution in [0.3, 0.4) is 0 Å². The molecule has 0 aliphatic rings. The molecule has 0 radical (unpaired) electrons. The zero-order valence-electron chi connectivity index (χ0n) is 12.1. The highest BCUT2D eigenvalue weighted by atomic mass is 79.9. The van der Waals surface area contributed by atoms with Gasteiger partial charge in [0.15, 0.2) is 5.16 Å². The van der Waals surface area contributed by atoms with Crippen LogP contribution in [-0.4, -0.2) is 15.0 Å². The predicted octanol–water partition coefficient (Wildman–Crippen LogP) is 5.49. The van der Waals surface area contributed by atoms with E-state index in [2.05, 4.69) is 36.2 Å². The van der Waals surface area contributed by atoms with Crippen LogP contribution >= 0.6 is 39.3 Å². The summed E-state index contributed by atoms with van der Waals surface area (Å²) >= 11 is 10.9. The number of anilines is 2. The second-order valence-electron chi connectivity index (χ2n) is 4.73. The number of aromatic nitrogens is 3. The molecule has 2 aromatic carbocycles. The van der Waals surface area contributed by atoms with Gasteiger partial charge in [-0.3, -0.25) is 0 Å². The summed E-state index contributed by atoms with van der Waals surface area (Å²) in [5, 5.41) is 3.84. The van der Waals surface area contributed by atoms with Crippen molar-refractivity contribution in [2.75, 3.05) is 5.32 Å². The lowest BCUT2D eigenvalue weighted by Gasteiger charge is -2.08. The summed E-state index contributed by atoms with van der Waals surface area (Å²) in [7, 11) is 0. The Labute approximate surface area is 151 Å². The first kappa shape index (κ1) is 16.2. The number of halogens is 2. The van der Waals surface area contributed by atoms with Crippen molar-refractivity contribution in [2.24, 2.45) is 0 Å². The topological polar surface area (TPSA) is 50.7 Å². The predicted molar refractivity (Wildman–Crippen MR) is 97.6 cm³/mol. The molecule has 0 saturated heterocycles. The van der Waals surface area contributed by atoms with E-state index in [0.29, 0.717) is 11.1 Å². The average Bonchev–Trinajstić information content (AvgIpc) is 2.51. The normalized spacial score (nSPS) is 10.6. The molecule has 3 aromatic rings. The van der Waals surface area contributed by atoms with E-state index in [9.17, 15) is 0 Å². The van der Waals surface area contributed by atoms with Gasteiger partial charge in [0.25, 0.3) is 0 Å². The Kier molecular flexibility index (Phi) is 5.15. The Balaban J connectivity index is 1.84. The number of aryl methyl sites for hydroxylation is 1. The SMILES string of the molecule is Cc1ccc(Sc2nc(Cl)nc(Nc3ccccc3Br)n2)cc1. The van der Waals surface area contributed by atoms with Crippen LogP contribution in [0.4, 0.5) is 11.6 Å². The molecule has 116 valence electrons.